The van der Waals surface area contributed by atoms with E-state index in [0.29, 0.717) is 12.1 Å². The molecule has 6 nitrogen and oxygen atoms in total. The Bertz CT molecular complexity index is 425. The minimum absolute atomic E-state index is 0.120. The topological polar surface area (TPSA) is 95.1 Å². The molecule has 1 atom stereocenters. The number of aryl methyl sites for hydroxylation is 2. The van der Waals surface area contributed by atoms with Gasteiger partial charge in [-0.25, -0.2) is 0 Å². The lowest BCUT2D eigenvalue weighted by Crippen LogP contribution is -2.21. The van der Waals surface area contributed by atoms with Gasteiger partial charge in [0, 0.05) is 0 Å². The van der Waals surface area contributed by atoms with Gasteiger partial charge in [-0.2, -0.15) is 5.10 Å². The maximum Gasteiger partial charge on any atom is 0.316 e. The van der Waals surface area contributed by atoms with E-state index in [2.05, 4.69) is 15.5 Å². The second-order valence-corrected chi connectivity index (χ2v) is 5.09. The van der Waals surface area contributed by atoms with Crippen molar-refractivity contribution < 1.29 is 14.7 Å². The molecule has 7 heteroatoms. The lowest BCUT2D eigenvalue weighted by molar-refractivity contribution is -0.136. The van der Waals surface area contributed by atoms with Gasteiger partial charge in [0.15, 0.2) is 0 Å². The number of rotatable bonds is 6. The maximum atomic E-state index is 11.7. The van der Waals surface area contributed by atoms with Crippen LogP contribution < -0.4 is 5.32 Å². The van der Waals surface area contributed by atoms with E-state index >= 15 is 0 Å². The van der Waals surface area contributed by atoms with Gasteiger partial charge in [0.25, 0.3) is 0 Å². The third-order valence-corrected chi connectivity index (χ3v) is 3.82. The first-order chi connectivity index (χ1) is 8.45. The predicted molar refractivity (Wildman–Crippen MR) is 70.9 cm³/mol. The number of nitrogens with one attached hydrogen (secondary N) is 2. The highest BCUT2D eigenvalue weighted by atomic mass is 32.2. The molecule has 0 fully saturated rings. The van der Waals surface area contributed by atoms with Crippen LogP contribution in [-0.4, -0.2) is 38.2 Å². The smallest absolute Gasteiger partial charge is 0.316 e. The molecule has 0 aromatic carbocycles. The molecule has 1 rings (SSSR count). The number of anilines is 1. The highest BCUT2D eigenvalue weighted by Gasteiger charge is 2.18. The Morgan fingerprint density at radius 2 is 2.17 bits per heavy atom. The van der Waals surface area contributed by atoms with E-state index in [1.54, 1.807) is 13.8 Å². The summed E-state index contributed by atoms with van der Waals surface area (Å²) in [5.74, 6) is -0.979. The predicted octanol–water partition coefficient (Wildman–Crippen LogP) is 1.56. The zero-order valence-corrected chi connectivity index (χ0v) is 11.4. The van der Waals surface area contributed by atoms with Crippen molar-refractivity contribution >= 4 is 29.3 Å². The summed E-state index contributed by atoms with van der Waals surface area (Å²) in [5.41, 5.74) is 2.18. The summed E-state index contributed by atoms with van der Waals surface area (Å²) in [7, 11) is 0. The molecular weight excluding hydrogens is 254 g/mol. The molecule has 0 bridgehead atoms. The van der Waals surface area contributed by atoms with Crippen molar-refractivity contribution in [3.63, 3.8) is 0 Å². The first kappa shape index (κ1) is 14.6. The molecule has 100 valence electrons. The fourth-order valence-corrected chi connectivity index (χ4v) is 2.25. The quantitative estimate of drug-likeness (QED) is 0.730. The third kappa shape index (κ3) is 3.76. The average Bonchev–Trinajstić information content (AvgIpc) is 2.61. The molecule has 0 aliphatic rings. The molecule has 1 heterocycles. The number of H-pyrrole nitrogens is 1. The highest BCUT2D eigenvalue weighted by Crippen LogP contribution is 2.18. The van der Waals surface area contributed by atoms with Crippen molar-refractivity contribution in [2.45, 2.75) is 32.4 Å². The minimum atomic E-state index is -0.883. The van der Waals surface area contributed by atoms with Gasteiger partial charge in [0.05, 0.1) is 22.8 Å². The number of carbonyl (C=O) groups excluding carboxylic acids is 1. The third-order valence-electron chi connectivity index (χ3n) is 2.45. The minimum Gasteiger partial charge on any atom is -0.480 e. The summed E-state index contributed by atoms with van der Waals surface area (Å²) in [5, 5.41) is 17.8. The van der Waals surface area contributed by atoms with Crippen LogP contribution in [-0.2, 0) is 9.59 Å². The fourth-order valence-electron chi connectivity index (χ4n) is 1.45. The van der Waals surface area contributed by atoms with Crippen molar-refractivity contribution in [3.05, 3.63) is 11.4 Å². The Hall–Kier alpha value is -1.50. The van der Waals surface area contributed by atoms with Crippen molar-refractivity contribution in [3.8, 4) is 0 Å². The Kier molecular flexibility index (Phi) is 5.21. The van der Waals surface area contributed by atoms with Crippen molar-refractivity contribution in [1.82, 2.24) is 10.2 Å². The Labute approximate surface area is 110 Å². The summed E-state index contributed by atoms with van der Waals surface area (Å²) in [6.07, 6.45) is 0.497. The van der Waals surface area contributed by atoms with Gasteiger partial charge in [-0.05, 0) is 20.3 Å². The van der Waals surface area contributed by atoms with Crippen LogP contribution in [0.4, 0.5) is 5.69 Å². The molecule has 0 radical (unpaired) electrons. The molecular formula is C11H17N3O3S. The van der Waals surface area contributed by atoms with E-state index in [9.17, 15) is 9.59 Å². The van der Waals surface area contributed by atoms with E-state index in [4.69, 9.17) is 5.11 Å². The monoisotopic (exact) mass is 271 g/mol. The van der Waals surface area contributed by atoms with Gasteiger partial charge in [0.2, 0.25) is 5.91 Å². The number of aromatic amines is 1. The molecule has 0 saturated heterocycles. The van der Waals surface area contributed by atoms with Gasteiger partial charge in [-0.15, -0.1) is 11.8 Å². The summed E-state index contributed by atoms with van der Waals surface area (Å²) in [4.78, 5) is 22.5. The van der Waals surface area contributed by atoms with Crippen molar-refractivity contribution in [2.75, 3.05) is 11.1 Å². The number of aliphatic carboxylic acids is 1. The highest BCUT2D eigenvalue weighted by molar-refractivity contribution is 8.01. The van der Waals surface area contributed by atoms with Crippen LogP contribution in [0.1, 0.15) is 24.7 Å². The van der Waals surface area contributed by atoms with Gasteiger partial charge in [-0.3, -0.25) is 14.7 Å². The number of carbonyl (C=O) groups is 2. The molecule has 1 aromatic heterocycles. The molecule has 0 aliphatic carbocycles. The summed E-state index contributed by atoms with van der Waals surface area (Å²) >= 11 is 1.13. The van der Waals surface area contributed by atoms with E-state index in [-0.39, 0.29) is 11.7 Å². The maximum absolute atomic E-state index is 11.7. The second-order valence-electron chi connectivity index (χ2n) is 3.90. The van der Waals surface area contributed by atoms with Crippen LogP contribution in [0, 0.1) is 13.8 Å². The molecule has 18 heavy (non-hydrogen) atoms. The molecule has 0 aliphatic heterocycles. The largest absolute Gasteiger partial charge is 0.480 e. The molecule has 1 unspecified atom stereocenters. The van der Waals surface area contributed by atoms with E-state index < -0.39 is 11.2 Å². The lowest BCUT2D eigenvalue weighted by Gasteiger charge is -2.09. The number of carboxylic acid groups (broad SMARTS) is 1. The first-order valence-electron chi connectivity index (χ1n) is 5.61. The standard InChI is InChI=1S/C11H17N3O3S/c1-4-8(11(16)17)18-5-9(15)12-10-6(2)13-14-7(10)3/h8H,4-5H2,1-3H3,(H,12,15)(H,13,14)(H,16,17). The average molecular weight is 271 g/mol. The molecule has 0 saturated carbocycles. The normalized spacial score (nSPS) is 12.2. The molecule has 1 amide bonds. The van der Waals surface area contributed by atoms with Crippen molar-refractivity contribution in [2.24, 2.45) is 0 Å². The number of aromatic nitrogens is 2. The fraction of sp³-hybridized carbons (Fsp3) is 0.545. The Morgan fingerprint density at radius 1 is 1.50 bits per heavy atom. The number of carboxylic acids is 1. The van der Waals surface area contributed by atoms with E-state index in [1.165, 1.54) is 0 Å². The van der Waals surface area contributed by atoms with Gasteiger partial charge >= 0.3 is 5.97 Å². The summed E-state index contributed by atoms with van der Waals surface area (Å²) < 4.78 is 0. The van der Waals surface area contributed by atoms with Crippen molar-refractivity contribution in [1.29, 1.82) is 0 Å². The van der Waals surface area contributed by atoms with Crippen LogP contribution in [0.25, 0.3) is 0 Å². The molecule has 1 aromatic rings. The summed E-state index contributed by atoms with van der Waals surface area (Å²) in [6.45, 7) is 5.39. The van der Waals surface area contributed by atoms with Crippen LogP contribution in [0.5, 0.6) is 0 Å². The van der Waals surface area contributed by atoms with Crippen LogP contribution in [0.3, 0.4) is 0 Å². The summed E-state index contributed by atoms with van der Waals surface area (Å²) in [6, 6.07) is 0. The van der Waals surface area contributed by atoms with E-state index in [1.807, 2.05) is 6.92 Å². The van der Waals surface area contributed by atoms with Gasteiger partial charge < -0.3 is 10.4 Å². The SMILES string of the molecule is CCC(SCC(=O)Nc1c(C)n[nH]c1C)C(=O)O. The van der Waals surface area contributed by atoms with Gasteiger partial charge in [-0.1, -0.05) is 6.92 Å². The Morgan fingerprint density at radius 3 is 2.61 bits per heavy atom. The number of hydrogen-bond acceptors (Lipinski definition) is 4. The Balaban J connectivity index is 2.50. The second kappa shape index (κ2) is 6.44. The zero-order chi connectivity index (χ0) is 13.7. The number of hydrogen-bond donors (Lipinski definition) is 3. The van der Waals surface area contributed by atoms with E-state index in [0.717, 1.165) is 23.1 Å². The van der Waals surface area contributed by atoms with Crippen LogP contribution in [0.2, 0.25) is 0 Å². The molecule has 3 N–H and O–H groups in total. The lowest BCUT2D eigenvalue weighted by atomic mass is 10.3. The van der Waals surface area contributed by atoms with Gasteiger partial charge in [0.1, 0.15) is 5.25 Å². The number of thioether (sulfide) groups is 1. The van der Waals surface area contributed by atoms with Crippen LogP contribution >= 0.6 is 11.8 Å². The zero-order valence-electron chi connectivity index (χ0n) is 10.6. The number of amides is 1. The molecule has 0 spiro atoms. The van der Waals surface area contributed by atoms with Crippen LogP contribution in [0.15, 0.2) is 0 Å². The first-order valence-corrected chi connectivity index (χ1v) is 6.66. The number of nitrogens with zero attached hydrogens (tertiary/aromatic N) is 1.